The highest BCUT2D eigenvalue weighted by atomic mass is 16.4. The van der Waals surface area contributed by atoms with Crippen LogP contribution in [0.5, 0.6) is 0 Å². The number of hydrogen-bond acceptors (Lipinski definition) is 5. The molecule has 0 saturated carbocycles. The molecule has 2 bridgehead atoms. The van der Waals surface area contributed by atoms with Crippen LogP contribution >= 0.6 is 0 Å². The van der Waals surface area contributed by atoms with Crippen LogP contribution in [0.15, 0.2) is 72.8 Å². The summed E-state index contributed by atoms with van der Waals surface area (Å²) in [6, 6.07) is 20.5. The summed E-state index contributed by atoms with van der Waals surface area (Å²) < 4.78 is 0. The van der Waals surface area contributed by atoms with Crippen molar-refractivity contribution >= 4 is 29.8 Å². The van der Waals surface area contributed by atoms with Crippen LogP contribution in [0.4, 0.5) is 5.69 Å². The fourth-order valence-corrected chi connectivity index (χ4v) is 6.03. The van der Waals surface area contributed by atoms with Gasteiger partial charge in [-0.05, 0) is 39.9 Å². The summed E-state index contributed by atoms with van der Waals surface area (Å²) in [6.07, 6.45) is 0.825. The minimum Gasteiger partial charge on any atom is -0.545 e. The quantitative estimate of drug-likeness (QED) is 0.474. The Labute approximate surface area is 183 Å². The van der Waals surface area contributed by atoms with E-state index >= 15 is 0 Å². The smallest absolute Gasteiger partial charge is 0.239 e. The van der Waals surface area contributed by atoms with E-state index in [4.69, 9.17) is 0 Å². The number of amides is 2. The zero-order valence-electron chi connectivity index (χ0n) is 16.7. The number of carboxylic acids is 1. The van der Waals surface area contributed by atoms with Crippen LogP contribution in [0.3, 0.4) is 0 Å². The van der Waals surface area contributed by atoms with Crippen molar-refractivity contribution in [3.8, 4) is 0 Å². The lowest BCUT2D eigenvalue weighted by atomic mass is 9.48. The fraction of sp³-hybridized carbons (Fsp3) is 0.154. The molecular formula is C26H16NO5-. The molecule has 3 aliphatic carbocycles. The zero-order chi connectivity index (χ0) is 22.2. The Morgan fingerprint density at radius 1 is 0.844 bits per heavy atom. The first kappa shape index (κ1) is 18.7. The molecule has 6 heteroatoms. The third kappa shape index (κ3) is 2.04. The van der Waals surface area contributed by atoms with Gasteiger partial charge in [-0.15, -0.1) is 0 Å². The Bertz CT molecular complexity index is 1290. The molecule has 1 aliphatic heterocycles. The second kappa shape index (κ2) is 6.23. The molecule has 0 N–H and O–H groups in total. The largest absolute Gasteiger partial charge is 0.545 e. The summed E-state index contributed by atoms with van der Waals surface area (Å²) in [5, 5.41) is 11.1. The Morgan fingerprint density at radius 3 is 1.94 bits per heavy atom. The van der Waals surface area contributed by atoms with Crippen LogP contribution < -0.4 is 10.0 Å². The van der Waals surface area contributed by atoms with E-state index in [2.05, 4.69) is 0 Å². The Hall–Kier alpha value is -4.06. The number of carbonyl (C=O) groups excluding carboxylic acids is 4. The average molecular weight is 422 g/mol. The lowest BCUT2D eigenvalue weighted by molar-refractivity contribution is -0.255. The van der Waals surface area contributed by atoms with Crippen LogP contribution in [0.25, 0.3) is 0 Å². The van der Waals surface area contributed by atoms with E-state index in [1.54, 1.807) is 0 Å². The number of rotatable bonds is 3. The maximum absolute atomic E-state index is 13.8. The first-order chi connectivity index (χ1) is 15.5. The topological polar surface area (TPSA) is 94.6 Å². The fourth-order valence-electron chi connectivity index (χ4n) is 6.03. The van der Waals surface area contributed by atoms with Gasteiger partial charge < -0.3 is 14.7 Å². The minimum absolute atomic E-state index is 0.0468. The van der Waals surface area contributed by atoms with Gasteiger partial charge in [0.05, 0.1) is 28.9 Å². The minimum atomic E-state index is -1.34. The lowest BCUT2D eigenvalue weighted by Gasteiger charge is -2.51. The zero-order valence-corrected chi connectivity index (χ0v) is 16.7. The molecule has 1 saturated heterocycles. The van der Waals surface area contributed by atoms with E-state index in [1.165, 1.54) is 24.3 Å². The molecule has 3 aromatic carbocycles. The summed E-state index contributed by atoms with van der Waals surface area (Å²) in [7, 11) is 0. The molecule has 2 amide bonds. The number of hydrogen-bond donors (Lipinski definition) is 0. The molecule has 1 heterocycles. The number of aldehydes is 1. The normalized spacial score (nSPS) is 27.0. The highest BCUT2D eigenvalue weighted by Gasteiger charge is 2.68. The van der Waals surface area contributed by atoms with Gasteiger partial charge >= 0.3 is 0 Å². The second-order valence-corrected chi connectivity index (χ2v) is 8.49. The maximum Gasteiger partial charge on any atom is 0.239 e. The van der Waals surface area contributed by atoms with Crippen molar-refractivity contribution in [3.05, 3.63) is 101 Å². The molecule has 3 aromatic rings. The van der Waals surface area contributed by atoms with Crippen molar-refractivity contribution in [3.63, 3.8) is 0 Å². The Balaban J connectivity index is 1.58. The van der Waals surface area contributed by atoms with Crippen LogP contribution in [-0.2, 0) is 19.8 Å². The van der Waals surface area contributed by atoms with Crippen LogP contribution in [0.2, 0.25) is 0 Å². The third-order valence-electron chi connectivity index (χ3n) is 7.23. The van der Waals surface area contributed by atoms with Crippen molar-refractivity contribution in [2.75, 3.05) is 4.90 Å². The summed E-state index contributed by atoms with van der Waals surface area (Å²) >= 11 is 0. The highest BCUT2D eigenvalue weighted by Crippen LogP contribution is 2.63. The van der Waals surface area contributed by atoms with E-state index in [1.807, 2.05) is 48.5 Å². The SMILES string of the molecule is O=CC12c3ccccc3C(c3ccccc31)[C@@H]1C(=O)N(c3ccc(C(=O)[O-])cc3)C(=O)[C@@H]12. The lowest BCUT2D eigenvalue weighted by Crippen LogP contribution is -2.54. The van der Waals surface area contributed by atoms with E-state index in [-0.39, 0.29) is 23.1 Å². The van der Waals surface area contributed by atoms with Gasteiger partial charge in [0.1, 0.15) is 6.29 Å². The number of imide groups is 1. The van der Waals surface area contributed by atoms with Crippen molar-refractivity contribution in [2.24, 2.45) is 11.8 Å². The number of anilines is 1. The molecule has 156 valence electrons. The number of carbonyl (C=O) groups is 4. The first-order valence-electron chi connectivity index (χ1n) is 10.3. The third-order valence-corrected chi connectivity index (χ3v) is 7.23. The standard InChI is InChI=1S/C26H17NO5/c28-13-26-18-7-3-1-5-16(18)20(17-6-2-4-8-19(17)26)21-22(26)24(30)27(23(21)29)15-11-9-14(10-12-15)25(31)32/h1-13,20-22H,(H,31,32)/p-1/t20?,21-,22+,26?/m0/s1. The predicted octanol–water partition coefficient (Wildman–Crippen LogP) is 1.80. The monoisotopic (exact) mass is 422 g/mol. The van der Waals surface area contributed by atoms with Crippen LogP contribution in [0, 0.1) is 11.8 Å². The van der Waals surface area contributed by atoms with Crippen LogP contribution in [-0.4, -0.2) is 24.1 Å². The van der Waals surface area contributed by atoms with Gasteiger partial charge in [-0.1, -0.05) is 60.7 Å². The molecule has 0 unspecified atom stereocenters. The molecular weight excluding hydrogens is 406 g/mol. The van der Waals surface area contributed by atoms with Gasteiger partial charge in [-0.25, -0.2) is 4.90 Å². The van der Waals surface area contributed by atoms with Crippen LogP contribution in [0.1, 0.15) is 38.5 Å². The van der Waals surface area contributed by atoms with Crippen molar-refractivity contribution < 1.29 is 24.3 Å². The molecule has 0 radical (unpaired) electrons. The molecule has 4 aliphatic rings. The molecule has 0 aromatic heterocycles. The van der Waals surface area contributed by atoms with E-state index in [0.29, 0.717) is 0 Å². The summed E-state index contributed by atoms with van der Waals surface area (Å²) in [5.74, 6) is -4.06. The predicted molar refractivity (Wildman–Crippen MR) is 112 cm³/mol. The number of benzene rings is 3. The van der Waals surface area contributed by atoms with Crippen molar-refractivity contribution in [1.29, 1.82) is 0 Å². The second-order valence-electron chi connectivity index (χ2n) is 8.49. The number of aromatic carboxylic acids is 1. The van der Waals surface area contributed by atoms with Gasteiger partial charge in [0.25, 0.3) is 0 Å². The number of carboxylic acid groups (broad SMARTS) is 1. The van der Waals surface area contributed by atoms with E-state index in [9.17, 15) is 24.3 Å². The van der Waals surface area contributed by atoms with Crippen molar-refractivity contribution in [1.82, 2.24) is 0 Å². The molecule has 1 fully saturated rings. The van der Waals surface area contributed by atoms with Gasteiger partial charge in [0, 0.05) is 5.92 Å². The Kier molecular flexibility index (Phi) is 3.64. The molecule has 32 heavy (non-hydrogen) atoms. The maximum atomic E-state index is 13.8. The van der Waals surface area contributed by atoms with E-state index in [0.717, 1.165) is 33.4 Å². The van der Waals surface area contributed by atoms with Gasteiger partial charge in [-0.3, -0.25) is 9.59 Å². The number of nitrogens with zero attached hydrogens (tertiary/aromatic N) is 1. The first-order valence-corrected chi connectivity index (χ1v) is 10.3. The summed E-state index contributed by atoms with van der Waals surface area (Å²) in [6.45, 7) is 0. The summed E-state index contributed by atoms with van der Waals surface area (Å²) in [5.41, 5.74) is 2.33. The van der Waals surface area contributed by atoms with Gasteiger partial charge in [0.15, 0.2) is 0 Å². The molecule has 6 nitrogen and oxygen atoms in total. The van der Waals surface area contributed by atoms with Gasteiger partial charge in [0.2, 0.25) is 11.8 Å². The molecule has 7 rings (SSSR count). The average Bonchev–Trinajstić information content (AvgIpc) is 3.10. The molecule has 0 spiro atoms. The Morgan fingerprint density at radius 2 is 1.41 bits per heavy atom. The van der Waals surface area contributed by atoms with Crippen molar-refractivity contribution in [2.45, 2.75) is 11.3 Å². The highest BCUT2D eigenvalue weighted by molar-refractivity contribution is 6.24. The summed E-state index contributed by atoms with van der Waals surface area (Å²) in [4.78, 5) is 52.5. The van der Waals surface area contributed by atoms with Gasteiger partial charge in [-0.2, -0.15) is 0 Å². The van der Waals surface area contributed by atoms with E-state index < -0.39 is 29.1 Å². The molecule has 2 atom stereocenters.